The summed E-state index contributed by atoms with van der Waals surface area (Å²) in [4.78, 5) is 16.6. The number of aryl methyl sites for hydroxylation is 1. The van der Waals surface area contributed by atoms with Crippen molar-refractivity contribution < 1.29 is 27.2 Å². The van der Waals surface area contributed by atoms with Crippen molar-refractivity contribution in [1.82, 2.24) is 15.0 Å². The molecule has 0 radical (unpaired) electrons. The van der Waals surface area contributed by atoms with E-state index in [-0.39, 0.29) is 31.9 Å². The number of nitrogens with zero attached hydrogens (tertiary/aromatic N) is 3. The van der Waals surface area contributed by atoms with Crippen molar-refractivity contribution in [1.29, 1.82) is 0 Å². The van der Waals surface area contributed by atoms with E-state index in [1.807, 2.05) is 0 Å². The molecule has 2 unspecified atom stereocenters. The van der Waals surface area contributed by atoms with Crippen molar-refractivity contribution in [2.24, 2.45) is 5.73 Å². The van der Waals surface area contributed by atoms with Crippen LogP contribution in [0.5, 0.6) is 0 Å². The van der Waals surface area contributed by atoms with Crippen molar-refractivity contribution >= 4 is 5.91 Å². The molecular formula is C12H17F3N4O3. The molecule has 0 saturated carbocycles. The summed E-state index contributed by atoms with van der Waals surface area (Å²) in [5, 5.41) is 3.53. The highest BCUT2D eigenvalue weighted by molar-refractivity contribution is 5.78. The molecule has 1 amide bonds. The Kier molecular flexibility index (Phi) is 5.01. The van der Waals surface area contributed by atoms with E-state index in [1.54, 1.807) is 6.92 Å². The van der Waals surface area contributed by atoms with Crippen LogP contribution in [-0.4, -0.2) is 52.4 Å². The zero-order valence-corrected chi connectivity index (χ0v) is 12.0. The lowest BCUT2D eigenvalue weighted by Crippen LogP contribution is -2.57. The average molecular weight is 322 g/mol. The van der Waals surface area contributed by atoms with Gasteiger partial charge in [-0.2, -0.15) is 18.2 Å². The second kappa shape index (κ2) is 6.61. The molecule has 0 spiro atoms. The van der Waals surface area contributed by atoms with E-state index >= 15 is 0 Å². The van der Waals surface area contributed by atoms with Crippen LogP contribution < -0.4 is 5.73 Å². The van der Waals surface area contributed by atoms with Gasteiger partial charge in [0.05, 0.1) is 0 Å². The van der Waals surface area contributed by atoms with Gasteiger partial charge in [-0.3, -0.25) is 4.79 Å². The number of halogens is 3. The number of rotatable bonds is 4. The minimum atomic E-state index is -4.47. The number of amides is 1. The van der Waals surface area contributed by atoms with Crippen LogP contribution in [0.2, 0.25) is 0 Å². The fourth-order valence-electron chi connectivity index (χ4n) is 2.32. The van der Waals surface area contributed by atoms with Crippen molar-refractivity contribution in [3.05, 3.63) is 11.7 Å². The van der Waals surface area contributed by atoms with Crippen molar-refractivity contribution in [2.45, 2.75) is 44.6 Å². The number of nitrogens with two attached hydrogens (primary N) is 1. The van der Waals surface area contributed by atoms with Crippen molar-refractivity contribution in [3.63, 3.8) is 0 Å². The summed E-state index contributed by atoms with van der Waals surface area (Å²) >= 11 is 0. The second-order valence-electron chi connectivity index (χ2n) is 5.17. The lowest BCUT2D eigenvalue weighted by molar-refractivity contribution is -0.198. The Balaban J connectivity index is 1.90. The number of piperidine rings is 1. The first-order valence-corrected chi connectivity index (χ1v) is 6.76. The summed E-state index contributed by atoms with van der Waals surface area (Å²) in [5.74, 6) is -0.189. The predicted molar refractivity (Wildman–Crippen MR) is 67.5 cm³/mol. The summed E-state index contributed by atoms with van der Waals surface area (Å²) in [6, 6.07) is -2.27. The Morgan fingerprint density at radius 3 is 2.82 bits per heavy atom. The molecule has 22 heavy (non-hydrogen) atoms. The first-order chi connectivity index (χ1) is 10.3. The van der Waals surface area contributed by atoms with Crippen LogP contribution in [0.4, 0.5) is 13.2 Å². The summed E-state index contributed by atoms with van der Waals surface area (Å²) in [6.45, 7) is 0.844. The third-order valence-electron chi connectivity index (χ3n) is 3.34. The molecule has 7 nitrogen and oxygen atoms in total. The van der Waals surface area contributed by atoms with E-state index in [1.165, 1.54) is 0 Å². The number of carbonyl (C=O) groups excluding carboxylic acids is 1. The van der Waals surface area contributed by atoms with Gasteiger partial charge in [-0.1, -0.05) is 5.16 Å². The summed E-state index contributed by atoms with van der Waals surface area (Å²) in [5.41, 5.74) is 5.66. The van der Waals surface area contributed by atoms with Crippen LogP contribution in [-0.2, 0) is 16.1 Å². The first-order valence-electron chi connectivity index (χ1n) is 6.76. The summed E-state index contributed by atoms with van der Waals surface area (Å²) in [6.07, 6.45) is -4.44. The molecule has 2 N–H and O–H groups in total. The lowest BCUT2D eigenvalue weighted by atomic mass is 9.98. The van der Waals surface area contributed by atoms with E-state index in [9.17, 15) is 18.0 Å². The minimum absolute atomic E-state index is 0.133. The fourth-order valence-corrected chi connectivity index (χ4v) is 2.32. The maximum Gasteiger partial charge on any atom is 0.408 e. The molecular weight excluding hydrogens is 305 g/mol. The quantitative estimate of drug-likeness (QED) is 0.880. The standard InChI is InChI=1S/C12H17F3N4O3/c1-7-17-10(22-18-7)5-21-6-11(20)19-4-8(16)2-3-9(19)12(13,14)15/h8-9H,2-6,16H2,1H3. The smallest absolute Gasteiger partial charge is 0.362 e. The summed E-state index contributed by atoms with van der Waals surface area (Å²) in [7, 11) is 0. The number of carbonyl (C=O) groups is 1. The fraction of sp³-hybridized carbons (Fsp3) is 0.750. The molecule has 0 aromatic carbocycles. The van der Waals surface area contributed by atoms with Gasteiger partial charge in [-0.15, -0.1) is 0 Å². The largest absolute Gasteiger partial charge is 0.408 e. The Labute approximate surface area is 124 Å². The first kappa shape index (κ1) is 16.7. The molecule has 2 rings (SSSR count). The van der Waals surface area contributed by atoms with Gasteiger partial charge >= 0.3 is 6.18 Å². The van der Waals surface area contributed by atoms with Gasteiger partial charge < -0.3 is 19.9 Å². The molecule has 0 bridgehead atoms. The highest BCUT2D eigenvalue weighted by Gasteiger charge is 2.47. The van der Waals surface area contributed by atoms with Gasteiger partial charge in [-0.05, 0) is 19.8 Å². The maximum absolute atomic E-state index is 13.0. The number of ether oxygens (including phenoxy) is 1. The van der Waals surface area contributed by atoms with Crippen LogP contribution >= 0.6 is 0 Å². The molecule has 124 valence electrons. The van der Waals surface area contributed by atoms with Crippen LogP contribution in [0.15, 0.2) is 4.52 Å². The Morgan fingerprint density at radius 2 is 2.23 bits per heavy atom. The third kappa shape index (κ3) is 4.17. The van der Waals surface area contributed by atoms with E-state index in [0.717, 1.165) is 4.90 Å². The Hall–Kier alpha value is -1.68. The number of aromatic nitrogens is 2. The van der Waals surface area contributed by atoms with Gasteiger partial charge in [0.25, 0.3) is 5.89 Å². The molecule has 1 aromatic heterocycles. The number of hydrogen-bond donors (Lipinski definition) is 1. The summed E-state index contributed by atoms with van der Waals surface area (Å²) < 4.78 is 48.7. The SMILES string of the molecule is Cc1noc(COCC(=O)N2CC(N)CCC2C(F)(F)F)n1. The highest BCUT2D eigenvalue weighted by atomic mass is 19.4. The van der Waals surface area contributed by atoms with Crippen LogP contribution in [0, 0.1) is 6.92 Å². The number of likely N-dealkylation sites (tertiary alicyclic amines) is 1. The Bertz CT molecular complexity index is 520. The topological polar surface area (TPSA) is 94.5 Å². The number of alkyl halides is 3. The van der Waals surface area contributed by atoms with E-state index < -0.39 is 30.8 Å². The van der Waals surface area contributed by atoms with E-state index in [2.05, 4.69) is 10.1 Å². The van der Waals surface area contributed by atoms with Gasteiger partial charge in [0.1, 0.15) is 19.3 Å². The van der Waals surface area contributed by atoms with Crippen LogP contribution in [0.25, 0.3) is 0 Å². The molecule has 1 saturated heterocycles. The van der Waals surface area contributed by atoms with Gasteiger partial charge in [0.2, 0.25) is 5.91 Å². The van der Waals surface area contributed by atoms with Gasteiger partial charge in [-0.25, -0.2) is 0 Å². The normalized spacial score (nSPS) is 22.9. The molecule has 2 heterocycles. The lowest BCUT2D eigenvalue weighted by Gasteiger charge is -2.39. The highest BCUT2D eigenvalue weighted by Crippen LogP contribution is 2.31. The monoisotopic (exact) mass is 322 g/mol. The molecule has 0 aliphatic carbocycles. The van der Waals surface area contributed by atoms with Crippen molar-refractivity contribution in [3.8, 4) is 0 Å². The zero-order chi connectivity index (χ0) is 16.3. The number of hydrogen-bond acceptors (Lipinski definition) is 6. The minimum Gasteiger partial charge on any atom is -0.362 e. The predicted octanol–water partition coefficient (Wildman–Crippen LogP) is 0.775. The van der Waals surface area contributed by atoms with Gasteiger partial charge in [0.15, 0.2) is 5.82 Å². The average Bonchev–Trinajstić information content (AvgIpc) is 2.83. The van der Waals surface area contributed by atoms with Crippen LogP contribution in [0.1, 0.15) is 24.6 Å². The zero-order valence-electron chi connectivity index (χ0n) is 12.0. The molecule has 2 atom stereocenters. The third-order valence-corrected chi connectivity index (χ3v) is 3.34. The van der Waals surface area contributed by atoms with Crippen LogP contribution in [0.3, 0.4) is 0 Å². The maximum atomic E-state index is 13.0. The van der Waals surface area contributed by atoms with Crippen molar-refractivity contribution in [2.75, 3.05) is 13.2 Å². The Morgan fingerprint density at radius 1 is 1.50 bits per heavy atom. The molecule has 1 fully saturated rings. The van der Waals surface area contributed by atoms with Gasteiger partial charge in [0, 0.05) is 12.6 Å². The molecule has 1 aliphatic rings. The van der Waals surface area contributed by atoms with E-state index in [4.69, 9.17) is 15.0 Å². The van der Waals surface area contributed by atoms with E-state index in [0.29, 0.717) is 5.82 Å². The molecule has 1 aromatic rings. The second-order valence-corrected chi connectivity index (χ2v) is 5.17. The molecule has 10 heteroatoms. The molecule has 1 aliphatic heterocycles.